The number of aryl methyl sites for hydroxylation is 2. The number of H-pyrrole nitrogens is 2. The van der Waals surface area contributed by atoms with Crippen molar-refractivity contribution in [1.82, 2.24) is 20.0 Å². The van der Waals surface area contributed by atoms with E-state index in [9.17, 15) is 14.4 Å². The number of amides is 1. The first kappa shape index (κ1) is 14.3. The Bertz CT molecular complexity index is 784. The van der Waals surface area contributed by atoms with Gasteiger partial charge in [-0.25, -0.2) is 4.79 Å². The second-order valence-corrected chi connectivity index (χ2v) is 5.40. The normalized spacial score (nSPS) is 17.9. The van der Waals surface area contributed by atoms with Crippen LogP contribution in [0.2, 0.25) is 0 Å². The van der Waals surface area contributed by atoms with Crippen LogP contribution in [-0.4, -0.2) is 32.5 Å². The first-order valence-electron chi connectivity index (χ1n) is 7.04. The smallest absolute Gasteiger partial charge is 0.326 e. The maximum absolute atomic E-state index is 12.6. The van der Waals surface area contributed by atoms with Gasteiger partial charge < -0.3 is 14.4 Å². The number of nitrogens with zero attached hydrogens (tertiary/aromatic N) is 2. The number of aromatic amines is 2. The molecule has 22 heavy (non-hydrogen) atoms. The van der Waals surface area contributed by atoms with Gasteiger partial charge >= 0.3 is 5.69 Å². The summed E-state index contributed by atoms with van der Waals surface area (Å²) < 4.78 is 5.18. The van der Waals surface area contributed by atoms with E-state index in [2.05, 4.69) is 15.1 Å². The predicted octanol–water partition coefficient (Wildman–Crippen LogP) is 0.645. The third-order valence-corrected chi connectivity index (χ3v) is 3.93. The third-order valence-electron chi connectivity index (χ3n) is 3.93. The van der Waals surface area contributed by atoms with Crippen LogP contribution < -0.4 is 11.2 Å². The Kier molecular flexibility index (Phi) is 3.44. The minimum atomic E-state index is -0.691. The molecule has 1 aliphatic rings. The van der Waals surface area contributed by atoms with Crippen LogP contribution in [0.5, 0.6) is 0 Å². The van der Waals surface area contributed by atoms with E-state index in [1.165, 1.54) is 0 Å². The molecular formula is C14H16N4O4. The van der Waals surface area contributed by atoms with Crippen LogP contribution in [-0.2, 0) is 0 Å². The first-order valence-corrected chi connectivity index (χ1v) is 7.04. The Hall–Kier alpha value is -2.64. The molecule has 0 radical (unpaired) electrons. The highest BCUT2D eigenvalue weighted by Gasteiger charge is 2.34. The van der Waals surface area contributed by atoms with Gasteiger partial charge in [-0.15, -0.1) is 0 Å². The lowest BCUT2D eigenvalue weighted by Crippen LogP contribution is -2.35. The van der Waals surface area contributed by atoms with Gasteiger partial charge in [-0.2, -0.15) is 0 Å². The Morgan fingerprint density at radius 1 is 1.36 bits per heavy atom. The van der Waals surface area contributed by atoms with Gasteiger partial charge in [0.15, 0.2) is 0 Å². The number of aromatic nitrogens is 3. The fraction of sp³-hybridized carbons (Fsp3) is 0.429. The zero-order valence-corrected chi connectivity index (χ0v) is 12.3. The second-order valence-electron chi connectivity index (χ2n) is 5.40. The number of rotatable bonds is 2. The fourth-order valence-electron chi connectivity index (χ4n) is 3.01. The molecule has 8 heteroatoms. The summed E-state index contributed by atoms with van der Waals surface area (Å²) in [6, 6.07) is 0.952. The summed E-state index contributed by atoms with van der Waals surface area (Å²) in [4.78, 5) is 41.4. The van der Waals surface area contributed by atoms with Crippen LogP contribution in [0.1, 0.15) is 46.4 Å². The van der Waals surface area contributed by atoms with Crippen molar-refractivity contribution in [1.29, 1.82) is 0 Å². The van der Waals surface area contributed by atoms with E-state index in [4.69, 9.17) is 4.52 Å². The van der Waals surface area contributed by atoms with Gasteiger partial charge in [-0.1, -0.05) is 5.16 Å². The summed E-state index contributed by atoms with van der Waals surface area (Å²) in [6.45, 7) is 4.20. The second kappa shape index (κ2) is 5.28. The van der Waals surface area contributed by atoms with E-state index in [1.54, 1.807) is 4.90 Å². The molecule has 0 bridgehead atoms. The molecule has 2 aromatic heterocycles. The van der Waals surface area contributed by atoms with Crippen LogP contribution in [0, 0.1) is 13.8 Å². The Labute approximate surface area is 125 Å². The van der Waals surface area contributed by atoms with E-state index < -0.39 is 11.2 Å². The fourth-order valence-corrected chi connectivity index (χ4v) is 3.01. The lowest BCUT2D eigenvalue weighted by molar-refractivity contribution is 0.0728. The molecule has 0 aromatic carbocycles. The summed E-state index contributed by atoms with van der Waals surface area (Å²) in [5.74, 6) is 0.312. The lowest BCUT2D eigenvalue weighted by atomic mass is 10.0. The maximum atomic E-state index is 12.6. The number of hydrogen-bond acceptors (Lipinski definition) is 5. The van der Waals surface area contributed by atoms with Gasteiger partial charge in [0.05, 0.1) is 11.7 Å². The van der Waals surface area contributed by atoms with Crippen molar-refractivity contribution in [3.63, 3.8) is 0 Å². The third kappa shape index (κ3) is 2.36. The van der Waals surface area contributed by atoms with E-state index in [-0.39, 0.29) is 17.6 Å². The molecule has 1 aliphatic heterocycles. The van der Waals surface area contributed by atoms with Gasteiger partial charge in [0.25, 0.3) is 11.5 Å². The molecule has 1 fully saturated rings. The SMILES string of the molecule is Cc1noc(C)c1[C@@H]1CCCN1C(=O)c1cc(=O)[nH]c(=O)[nH]1. The average molecular weight is 304 g/mol. The molecule has 1 saturated heterocycles. The van der Waals surface area contributed by atoms with Gasteiger partial charge in [0.1, 0.15) is 11.5 Å². The molecular weight excluding hydrogens is 288 g/mol. The van der Waals surface area contributed by atoms with Crippen molar-refractivity contribution in [3.05, 3.63) is 49.6 Å². The van der Waals surface area contributed by atoms with Crippen LogP contribution in [0.25, 0.3) is 0 Å². The Morgan fingerprint density at radius 3 is 2.77 bits per heavy atom. The van der Waals surface area contributed by atoms with Crippen LogP contribution in [0.4, 0.5) is 0 Å². The van der Waals surface area contributed by atoms with Gasteiger partial charge in [-0.05, 0) is 26.7 Å². The monoisotopic (exact) mass is 304 g/mol. The van der Waals surface area contributed by atoms with Crippen molar-refractivity contribution in [2.45, 2.75) is 32.7 Å². The quantitative estimate of drug-likeness (QED) is 0.845. The summed E-state index contributed by atoms with van der Waals surface area (Å²) in [7, 11) is 0. The number of carbonyl (C=O) groups is 1. The van der Waals surface area contributed by atoms with E-state index in [0.717, 1.165) is 30.2 Å². The van der Waals surface area contributed by atoms with Gasteiger partial charge in [0.2, 0.25) is 0 Å². The average Bonchev–Trinajstić information content (AvgIpc) is 3.03. The standard InChI is InChI=1S/C14H16N4O4/c1-7-12(8(2)22-17-7)10-4-3-5-18(10)13(20)9-6-11(19)16-14(21)15-9/h6,10H,3-5H2,1-2H3,(H2,15,16,19,21)/t10-/m0/s1. The highest BCUT2D eigenvalue weighted by Crippen LogP contribution is 2.36. The van der Waals surface area contributed by atoms with Crippen LogP contribution in [0.15, 0.2) is 20.2 Å². The first-order chi connectivity index (χ1) is 10.5. The van der Waals surface area contributed by atoms with E-state index >= 15 is 0 Å². The van der Waals surface area contributed by atoms with E-state index in [0.29, 0.717) is 12.3 Å². The van der Waals surface area contributed by atoms with E-state index in [1.807, 2.05) is 13.8 Å². The molecule has 2 aromatic rings. The highest BCUT2D eigenvalue weighted by atomic mass is 16.5. The van der Waals surface area contributed by atoms with Crippen molar-refractivity contribution in [2.75, 3.05) is 6.54 Å². The Morgan fingerprint density at radius 2 is 2.14 bits per heavy atom. The topological polar surface area (TPSA) is 112 Å². The molecule has 0 unspecified atom stereocenters. The molecule has 8 nitrogen and oxygen atoms in total. The van der Waals surface area contributed by atoms with Crippen molar-refractivity contribution < 1.29 is 9.32 Å². The zero-order chi connectivity index (χ0) is 15.9. The van der Waals surface area contributed by atoms with Gasteiger partial charge in [-0.3, -0.25) is 14.6 Å². The molecule has 1 atom stereocenters. The molecule has 3 heterocycles. The molecule has 0 spiro atoms. The highest BCUT2D eigenvalue weighted by molar-refractivity contribution is 5.92. The summed E-state index contributed by atoms with van der Waals surface area (Å²) >= 11 is 0. The molecule has 116 valence electrons. The zero-order valence-electron chi connectivity index (χ0n) is 12.3. The van der Waals surface area contributed by atoms with Crippen molar-refractivity contribution in [3.8, 4) is 0 Å². The summed E-state index contributed by atoms with van der Waals surface area (Å²) in [5, 5.41) is 3.93. The Balaban J connectivity index is 1.98. The minimum Gasteiger partial charge on any atom is -0.361 e. The predicted molar refractivity (Wildman–Crippen MR) is 76.7 cm³/mol. The molecule has 0 aliphatic carbocycles. The number of nitrogens with one attached hydrogen (secondary N) is 2. The van der Waals surface area contributed by atoms with Crippen molar-refractivity contribution in [2.24, 2.45) is 0 Å². The van der Waals surface area contributed by atoms with Crippen LogP contribution >= 0.6 is 0 Å². The number of hydrogen-bond donors (Lipinski definition) is 2. The summed E-state index contributed by atoms with van der Waals surface area (Å²) in [6.07, 6.45) is 1.63. The number of likely N-dealkylation sites (tertiary alicyclic amines) is 1. The molecule has 0 saturated carbocycles. The lowest BCUT2D eigenvalue weighted by Gasteiger charge is -2.24. The molecule has 1 amide bonds. The molecule has 3 rings (SSSR count). The largest absolute Gasteiger partial charge is 0.361 e. The molecule has 2 N–H and O–H groups in total. The van der Waals surface area contributed by atoms with Crippen molar-refractivity contribution >= 4 is 5.91 Å². The maximum Gasteiger partial charge on any atom is 0.326 e. The van der Waals surface area contributed by atoms with Crippen LogP contribution in [0.3, 0.4) is 0 Å². The minimum absolute atomic E-state index is 0.00703. The van der Waals surface area contributed by atoms with Gasteiger partial charge in [0, 0.05) is 18.2 Å². The number of carbonyl (C=O) groups excluding carboxylic acids is 1. The summed E-state index contributed by atoms with van der Waals surface area (Å²) in [5.41, 5.74) is 0.358.